The zero-order valence-electron chi connectivity index (χ0n) is 11.8. The van der Waals surface area contributed by atoms with Crippen LogP contribution in [0.4, 0.5) is 0 Å². The Morgan fingerprint density at radius 1 is 1.10 bits per heavy atom. The molecule has 0 saturated carbocycles. The van der Waals surface area contributed by atoms with Gasteiger partial charge in [0.25, 0.3) is 0 Å². The van der Waals surface area contributed by atoms with Gasteiger partial charge in [-0.2, -0.15) is 0 Å². The molecule has 4 heteroatoms. The number of fused-ring (bicyclic) bond motifs is 1. The molecule has 0 saturated heterocycles. The average Bonchev–Trinajstić information content (AvgIpc) is 2.92. The molecular formula is C17H18N2OS. The minimum absolute atomic E-state index is 0.169. The molecule has 2 heterocycles. The first-order chi connectivity index (χ1) is 10.4. The number of aromatic nitrogens is 1. The first-order valence-corrected chi connectivity index (χ1v) is 7.92. The molecule has 0 spiro atoms. The molecule has 0 aliphatic rings. The van der Waals surface area contributed by atoms with Crippen molar-refractivity contribution in [1.82, 2.24) is 9.88 Å². The van der Waals surface area contributed by atoms with E-state index in [2.05, 4.69) is 45.6 Å². The second kappa shape index (κ2) is 6.80. The molecule has 0 aliphatic heterocycles. The van der Waals surface area contributed by atoms with E-state index in [1.807, 2.05) is 12.3 Å². The van der Waals surface area contributed by atoms with Crippen molar-refractivity contribution >= 4 is 21.4 Å². The van der Waals surface area contributed by atoms with Crippen LogP contribution in [0.15, 0.2) is 54.2 Å². The van der Waals surface area contributed by atoms with E-state index in [0.29, 0.717) is 6.54 Å². The maximum atomic E-state index is 9.30. The first kappa shape index (κ1) is 14.2. The predicted molar refractivity (Wildman–Crippen MR) is 87.3 cm³/mol. The molecule has 2 aromatic heterocycles. The fourth-order valence-electron chi connectivity index (χ4n) is 2.50. The predicted octanol–water partition coefficient (Wildman–Crippen LogP) is 3.29. The van der Waals surface area contributed by atoms with Crippen molar-refractivity contribution in [2.75, 3.05) is 13.2 Å². The zero-order chi connectivity index (χ0) is 14.5. The Balaban J connectivity index is 1.78. The highest BCUT2D eigenvalue weighted by Gasteiger charge is 2.10. The topological polar surface area (TPSA) is 36.4 Å². The van der Waals surface area contributed by atoms with E-state index in [9.17, 15) is 5.11 Å². The number of nitrogens with zero attached hydrogens (tertiary/aromatic N) is 2. The fourth-order valence-corrected chi connectivity index (χ4v) is 3.46. The third-order valence-electron chi connectivity index (χ3n) is 3.50. The van der Waals surface area contributed by atoms with Gasteiger partial charge >= 0.3 is 0 Å². The highest BCUT2D eigenvalue weighted by Crippen LogP contribution is 2.26. The number of thiophene rings is 1. The van der Waals surface area contributed by atoms with Crippen LogP contribution in [0.1, 0.15) is 11.1 Å². The van der Waals surface area contributed by atoms with E-state index in [-0.39, 0.29) is 6.61 Å². The molecule has 1 N–H and O–H groups in total. The van der Waals surface area contributed by atoms with Crippen molar-refractivity contribution < 1.29 is 5.11 Å². The van der Waals surface area contributed by atoms with Gasteiger partial charge in [0.1, 0.15) is 0 Å². The maximum absolute atomic E-state index is 9.30. The summed E-state index contributed by atoms with van der Waals surface area (Å²) in [5.74, 6) is 0. The Morgan fingerprint density at radius 2 is 2.00 bits per heavy atom. The highest BCUT2D eigenvalue weighted by atomic mass is 32.1. The SMILES string of the molecule is OCCN(Cc1cccnc1)Cc1csc2ccccc12. The monoisotopic (exact) mass is 298 g/mol. The number of aliphatic hydroxyl groups excluding tert-OH is 1. The van der Waals surface area contributed by atoms with Crippen molar-refractivity contribution in [3.63, 3.8) is 0 Å². The van der Waals surface area contributed by atoms with Crippen LogP contribution in [-0.2, 0) is 13.1 Å². The van der Waals surface area contributed by atoms with E-state index in [1.54, 1.807) is 17.5 Å². The summed E-state index contributed by atoms with van der Waals surface area (Å²) in [4.78, 5) is 6.41. The van der Waals surface area contributed by atoms with Gasteiger partial charge in [-0.25, -0.2) is 0 Å². The number of aliphatic hydroxyl groups is 1. The van der Waals surface area contributed by atoms with E-state index in [4.69, 9.17) is 0 Å². The third-order valence-corrected chi connectivity index (χ3v) is 4.51. The molecule has 0 unspecified atom stereocenters. The summed E-state index contributed by atoms with van der Waals surface area (Å²) in [6, 6.07) is 12.5. The lowest BCUT2D eigenvalue weighted by atomic mass is 10.1. The van der Waals surface area contributed by atoms with Gasteiger partial charge < -0.3 is 5.11 Å². The molecule has 0 atom stereocenters. The van der Waals surface area contributed by atoms with Crippen molar-refractivity contribution in [3.8, 4) is 0 Å². The van der Waals surface area contributed by atoms with Crippen LogP contribution >= 0.6 is 11.3 Å². The molecular weight excluding hydrogens is 280 g/mol. The second-order valence-corrected chi connectivity index (χ2v) is 5.96. The Kier molecular flexibility index (Phi) is 4.60. The van der Waals surface area contributed by atoms with Crippen molar-refractivity contribution in [1.29, 1.82) is 0 Å². The number of rotatable bonds is 6. The van der Waals surface area contributed by atoms with Crippen LogP contribution < -0.4 is 0 Å². The molecule has 0 bridgehead atoms. The van der Waals surface area contributed by atoms with Gasteiger partial charge in [0.15, 0.2) is 0 Å². The van der Waals surface area contributed by atoms with Gasteiger partial charge in [-0.1, -0.05) is 24.3 Å². The second-order valence-electron chi connectivity index (χ2n) is 5.05. The van der Waals surface area contributed by atoms with Crippen LogP contribution in [0.5, 0.6) is 0 Å². The van der Waals surface area contributed by atoms with Crippen molar-refractivity contribution in [2.45, 2.75) is 13.1 Å². The summed E-state index contributed by atoms with van der Waals surface area (Å²) in [5, 5.41) is 12.8. The molecule has 0 aliphatic carbocycles. The van der Waals surface area contributed by atoms with E-state index in [0.717, 1.165) is 13.1 Å². The minimum Gasteiger partial charge on any atom is -0.395 e. The highest BCUT2D eigenvalue weighted by molar-refractivity contribution is 7.17. The summed E-state index contributed by atoms with van der Waals surface area (Å²) in [6.07, 6.45) is 3.67. The van der Waals surface area contributed by atoms with Crippen molar-refractivity contribution in [3.05, 3.63) is 65.3 Å². The standard InChI is InChI=1S/C17H18N2OS/c20-9-8-19(11-14-4-3-7-18-10-14)12-15-13-21-17-6-2-1-5-16(15)17/h1-7,10,13,20H,8-9,11-12H2. The molecule has 3 nitrogen and oxygen atoms in total. The molecule has 108 valence electrons. The lowest BCUT2D eigenvalue weighted by Gasteiger charge is -2.21. The zero-order valence-corrected chi connectivity index (χ0v) is 12.6. The number of hydrogen-bond donors (Lipinski definition) is 1. The van der Waals surface area contributed by atoms with Crippen LogP contribution in [0.2, 0.25) is 0 Å². The Bertz CT molecular complexity index is 696. The number of benzene rings is 1. The van der Waals surface area contributed by atoms with Crippen LogP contribution in [0.3, 0.4) is 0 Å². The number of hydrogen-bond acceptors (Lipinski definition) is 4. The lowest BCUT2D eigenvalue weighted by molar-refractivity contribution is 0.185. The van der Waals surface area contributed by atoms with Gasteiger partial charge in [0, 0.05) is 36.7 Å². The quantitative estimate of drug-likeness (QED) is 0.758. The molecule has 3 rings (SSSR count). The van der Waals surface area contributed by atoms with Gasteiger partial charge in [0.05, 0.1) is 6.61 Å². The largest absolute Gasteiger partial charge is 0.395 e. The average molecular weight is 298 g/mol. The lowest BCUT2D eigenvalue weighted by Crippen LogP contribution is -2.26. The molecule has 0 fully saturated rings. The van der Waals surface area contributed by atoms with E-state index >= 15 is 0 Å². The fraction of sp³-hybridized carbons (Fsp3) is 0.235. The summed E-state index contributed by atoms with van der Waals surface area (Å²) >= 11 is 1.78. The molecule has 1 aromatic carbocycles. The minimum atomic E-state index is 0.169. The van der Waals surface area contributed by atoms with Crippen LogP contribution in [-0.4, -0.2) is 28.1 Å². The third kappa shape index (κ3) is 3.47. The molecule has 0 radical (unpaired) electrons. The Hall–Kier alpha value is -1.75. The summed E-state index contributed by atoms with van der Waals surface area (Å²) in [5.41, 5.74) is 2.50. The number of pyridine rings is 1. The molecule has 3 aromatic rings. The van der Waals surface area contributed by atoms with Crippen molar-refractivity contribution in [2.24, 2.45) is 0 Å². The molecule has 0 amide bonds. The first-order valence-electron chi connectivity index (χ1n) is 7.04. The summed E-state index contributed by atoms with van der Waals surface area (Å²) < 4.78 is 1.32. The maximum Gasteiger partial charge on any atom is 0.0558 e. The van der Waals surface area contributed by atoms with Crippen LogP contribution in [0, 0.1) is 0 Å². The smallest absolute Gasteiger partial charge is 0.0558 e. The summed E-state index contributed by atoms with van der Waals surface area (Å²) in [7, 11) is 0. The van der Waals surface area contributed by atoms with Gasteiger partial charge in [-0.15, -0.1) is 11.3 Å². The normalized spacial score (nSPS) is 11.3. The van der Waals surface area contributed by atoms with E-state index < -0.39 is 0 Å². The summed E-state index contributed by atoms with van der Waals surface area (Å²) in [6.45, 7) is 2.49. The van der Waals surface area contributed by atoms with Gasteiger partial charge in [0.2, 0.25) is 0 Å². The molecule has 21 heavy (non-hydrogen) atoms. The van der Waals surface area contributed by atoms with Gasteiger partial charge in [-0.3, -0.25) is 9.88 Å². The Morgan fingerprint density at radius 3 is 2.81 bits per heavy atom. The Labute approximate surface area is 128 Å². The van der Waals surface area contributed by atoms with E-state index in [1.165, 1.54) is 21.2 Å². The van der Waals surface area contributed by atoms with Crippen LogP contribution in [0.25, 0.3) is 10.1 Å². The van der Waals surface area contributed by atoms with Gasteiger partial charge in [-0.05, 0) is 34.0 Å².